The Morgan fingerprint density at radius 1 is 1.27 bits per heavy atom. The number of allylic oxidation sites excluding steroid dienone is 1. The number of H-pyrrole nitrogens is 1. The standard InChI is InChI=1S/C21H16ClN4O6P/c22-15-5-6-16-14(10-24-17(16)8-15)7-18-20(27)26(21(28)25-18)19(11-32-33(29,30)31)13-3-1-12(9-23)2-4-13/h1-8,10,19,27H,11H2,(H,25,28)(H2,29,30,31)/b14-7+. The summed E-state index contributed by atoms with van der Waals surface area (Å²) in [5, 5.41) is 20.4. The second-order valence-corrected chi connectivity index (χ2v) is 8.77. The van der Waals surface area contributed by atoms with Crippen molar-refractivity contribution in [2.24, 2.45) is 4.99 Å². The van der Waals surface area contributed by atoms with Crippen LogP contribution in [0.2, 0.25) is 5.02 Å². The lowest BCUT2D eigenvalue weighted by atomic mass is 10.1. The number of phosphoric ester groups is 1. The average molecular weight is 487 g/mol. The summed E-state index contributed by atoms with van der Waals surface area (Å²) in [5.74, 6) is -0.466. The Kier molecular flexibility index (Phi) is 6.08. The lowest BCUT2D eigenvalue weighted by molar-refractivity contribution is 0.175. The van der Waals surface area contributed by atoms with Crippen molar-refractivity contribution in [2.45, 2.75) is 6.04 Å². The number of phosphoric acid groups is 1. The number of aromatic amines is 1. The van der Waals surface area contributed by atoms with Gasteiger partial charge in [0.15, 0.2) is 0 Å². The molecule has 0 amide bonds. The molecule has 1 aliphatic rings. The molecule has 1 unspecified atom stereocenters. The number of aromatic hydroxyl groups is 1. The van der Waals surface area contributed by atoms with Gasteiger partial charge in [-0.05, 0) is 35.9 Å². The average Bonchev–Trinajstić information content (AvgIpc) is 3.28. The molecule has 4 N–H and O–H groups in total. The summed E-state index contributed by atoms with van der Waals surface area (Å²) in [7, 11) is -4.86. The molecular formula is C21H16ClN4O6P. The van der Waals surface area contributed by atoms with E-state index in [1.54, 1.807) is 24.4 Å². The molecule has 2 heterocycles. The van der Waals surface area contributed by atoms with Crippen LogP contribution in [0.25, 0.3) is 11.6 Å². The summed E-state index contributed by atoms with van der Waals surface area (Å²) >= 11 is 5.99. The summed E-state index contributed by atoms with van der Waals surface area (Å²) in [5.41, 5.74) is 2.09. The molecule has 0 spiro atoms. The second-order valence-electron chi connectivity index (χ2n) is 7.09. The SMILES string of the molecule is N#Cc1ccc(C(COP(=O)(O)O)n2c(O)c(/C=C3\C=Nc4cc(Cl)ccc43)[nH]c2=O)cc1. The highest BCUT2D eigenvalue weighted by molar-refractivity contribution is 7.46. The first kappa shape index (κ1) is 22.7. The fourth-order valence-corrected chi connectivity index (χ4v) is 3.95. The van der Waals surface area contributed by atoms with Crippen molar-refractivity contribution in [3.05, 3.63) is 80.4 Å². The van der Waals surface area contributed by atoms with E-state index in [2.05, 4.69) is 14.5 Å². The zero-order chi connectivity index (χ0) is 23.8. The zero-order valence-electron chi connectivity index (χ0n) is 16.7. The van der Waals surface area contributed by atoms with Crippen molar-refractivity contribution in [3.8, 4) is 11.9 Å². The smallest absolute Gasteiger partial charge is 0.469 e. The zero-order valence-corrected chi connectivity index (χ0v) is 18.4. The summed E-state index contributed by atoms with van der Waals surface area (Å²) in [6.07, 6.45) is 3.08. The number of fused-ring (bicyclic) bond motifs is 1. The van der Waals surface area contributed by atoms with Crippen molar-refractivity contribution in [3.63, 3.8) is 0 Å². The first-order valence-corrected chi connectivity index (χ1v) is 11.4. The van der Waals surface area contributed by atoms with Gasteiger partial charge in [0.2, 0.25) is 5.88 Å². The molecule has 33 heavy (non-hydrogen) atoms. The second kappa shape index (κ2) is 8.83. The molecule has 1 aliphatic heterocycles. The molecular weight excluding hydrogens is 471 g/mol. The van der Waals surface area contributed by atoms with Crippen LogP contribution in [0.1, 0.15) is 28.4 Å². The third kappa shape index (κ3) is 4.83. The predicted octanol–water partition coefficient (Wildman–Crippen LogP) is 3.36. The summed E-state index contributed by atoms with van der Waals surface area (Å²) in [6, 6.07) is 12.0. The Labute approximate surface area is 191 Å². The maximum Gasteiger partial charge on any atom is 0.469 e. The number of hydrogen-bond donors (Lipinski definition) is 4. The summed E-state index contributed by atoms with van der Waals surface area (Å²) < 4.78 is 16.8. The van der Waals surface area contributed by atoms with Gasteiger partial charge >= 0.3 is 13.5 Å². The number of rotatable bonds is 6. The van der Waals surface area contributed by atoms with Crippen LogP contribution in [0.3, 0.4) is 0 Å². The van der Waals surface area contributed by atoms with Gasteiger partial charge in [0, 0.05) is 22.4 Å². The molecule has 3 aromatic rings. The maximum atomic E-state index is 12.8. The van der Waals surface area contributed by atoms with E-state index in [-0.39, 0.29) is 5.69 Å². The fourth-order valence-electron chi connectivity index (χ4n) is 3.45. The first-order valence-electron chi connectivity index (χ1n) is 9.45. The summed E-state index contributed by atoms with van der Waals surface area (Å²) in [4.78, 5) is 37.8. The molecule has 2 aromatic carbocycles. The molecule has 1 atom stereocenters. The molecule has 0 fully saturated rings. The van der Waals surface area contributed by atoms with Gasteiger partial charge in [0.25, 0.3) is 0 Å². The quantitative estimate of drug-likeness (QED) is 0.388. The Bertz CT molecular complexity index is 1430. The van der Waals surface area contributed by atoms with Crippen LogP contribution in [0.4, 0.5) is 5.69 Å². The van der Waals surface area contributed by atoms with Crippen LogP contribution in [0.5, 0.6) is 5.88 Å². The molecule has 0 saturated heterocycles. The molecule has 4 rings (SSSR count). The lowest BCUT2D eigenvalue weighted by Gasteiger charge is -2.19. The lowest BCUT2D eigenvalue weighted by Crippen LogP contribution is -2.26. The molecule has 0 radical (unpaired) electrons. The Hall–Kier alpha value is -3.45. The van der Waals surface area contributed by atoms with Crippen LogP contribution in [-0.4, -0.2) is 37.3 Å². The van der Waals surface area contributed by atoms with Crippen LogP contribution < -0.4 is 5.69 Å². The number of nitrogens with zero attached hydrogens (tertiary/aromatic N) is 3. The Balaban J connectivity index is 1.76. The number of nitriles is 1. The largest absolute Gasteiger partial charge is 0.493 e. The van der Waals surface area contributed by atoms with Gasteiger partial charge in [0.05, 0.1) is 30.0 Å². The molecule has 168 valence electrons. The van der Waals surface area contributed by atoms with E-state index in [1.807, 2.05) is 6.07 Å². The number of benzene rings is 2. The highest BCUT2D eigenvalue weighted by Crippen LogP contribution is 2.39. The van der Waals surface area contributed by atoms with Crippen molar-refractivity contribution in [1.82, 2.24) is 9.55 Å². The van der Waals surface area contributed by atoms with Crippen molar-refractivity contribution in [2.75, 3.05) is 6.61 Å². The van der Waals surface area contributed by atoms with Gasteiger partial charge in [-0.15, -0.1) is 0 Å². The number of aliphatic imine (C=N–C) groups is 1. The molecule has 12 heteroatoms. The highest BCUT2D eigenvalue weighted by atomic mass is 35.5. The van der Waals surface area contributed by atoms with Gasteiger partial charge in [-0.2, -0.15) is 5.26 Å². The van der Waals surface area contributed by atoms with E-state index >= 15 is 0 Å². The van der Waals surface area contributed by atoms with Gasteiger partial charge in [-0.1, -0.05) is 29.8 Å². The molecule has 1 aromatic heterocycles. The number of imidazole rings is 1. The molecule has 0 saturated carbocycles. The van der Waals surface area contributed by atoms with Crippen molar-refractivity contribution >= 4 is 43.0 Å². The topological polar surface area (TPSA) is 161 Å². The van der Waals surface area contributed by atoms with E-state index in [1.165, 1.54) is 30.3 Å². The van der Waals surface area contributed by atoms with Gasteiger partial charge in [-0.3, -0.25) is 14.1 Å². The van der Waals surface area contributed by atoms with Crippen LogP contribution in [-0.2, 0) is 9.09 Å². The van der Waals surface area contributed by atoms with Crippen LogP contribution in [0.15, 0.2) is 52.3 Å². The number of nitrogens with one attached hydrogen (secondary N) is 1. The fraction of sp³-hybridized carbons (Fsp3) is 0.0952. The van der Waals surface area contributed by atoms with Crippen LogP contribution in [0, 0.1) is 11.3 Å². The first-order chi connectivity index (χ1) is 15.7. The number of hydrogen-bond acceptors (Lipinski definition) is 6. The third-order valence-corrected chi connectivity index (χ3v) is 5.70. The van der Waals surface area contributed by atoms with Gasteiger partial charge in [-0.25, -0.2) is 9.36 Å². The maximum absolute atomic E-state index is 12.8. The molecule has 0 bridgehead atoms. The predicted molar refractivity (Wildman–Crippen MR) is 121 cm³/mol. The Morgan fingerprint density at radius 2 is 2.00 bits per heavy atom. The minimum atomic E-state index is -4.86. The minimum Gasteiger partial charge on any atom is -0.493 e. The highest BCUT2D eigenvalue weighted by Gasteiger charge is 2.26. The van der Waals surface area contributed by atoms with Crippen molar-refractivity contribution in [1.29, 1.82) is 5.26 Å². The Morgan fingerprint density at radius 3 is 2.67 bits per heavy atom. The van der Waals surface area contributed by atoms with Crippen molar-refractivity contribution < 1.29 is 24.0 Å². The number of halogens is 1. The van der Waals surface area contributed by atoms with Gasteiger partial charge < -0.3 is 19.9 Å². The van der Waals surface area contributed by atoms with E-state index in [9.17, 15) is 14.5 Å². The minimum absolute atomic E-state index is 0.0686. The molecule has 10 nitrogen and oxygen atoms in total. The van der Waals surface area contributed by atoms with E-state index < -0.39 is 32.0 Å². The van der Waals surface area contributed by atoms with Gasteiger partial charge in [0.1, 0.15) is 5.69 Å². The molecule has 0 aliphatic carbocycles. The summed E-state index contributed by atoms with van der Waals surface area (Å²) in [6.45, 7) is -0.611. The normalized spacial score (nSPS) is 14.9. The third-order valence-electron chi connectivity index (χ3n) is 4.98. The van der Waals surface area contributed by atoms with E-state index in [0.29, 0.717) is 27.4 Å². The van der Waals surface area contributed by atoms with E-state index in [4.69, 9.17) is 26.6 Å². The van der Waals surface area contributed by atoms with E-state index in [0.717, 1.165) is 10.1 Å². The monoisotopic (exact) mass is 486 g/mol. The van der Waals surface area contributed by atoms with Crippen LogP contribution >= 0.6 is 19.4 Å². The number of aromatic nitrogens is 2.